The predicted octanol–water partition coefficient (Wildman–Crippen LogP) is 5.11. The number of ether oxygens (including phenoxy) is 1. The fourth-order valence-corrected chi connectivity index (χ4v) is 4.14. The van der Waals surface area contributed by atoms with Gasteiger partial charge in [-0.15, -0.1) is 0 Å². The van der Waals surface area contributed by atoms with Gasteiger partial charge in [-0.2, -0.15) is 0 Å². The zero-order chi connectivity index (χ0) is 18.8. The molecular formula is C24H28N2O. The van der Waals surface area contributed by atoms with Gasteiger partial charge in [-0.05, 0) is 66.8 Å². The third-order valence-electron chi connectivity index (χ3n) is 5.72. The summed E-state index contributed by atoms with van der Waals surface area (Å²) in [5.41, 5.74) is 6.76. The number of aryl methyl sites for hydroxylation is 3. The Morgan fingerprint density at radius 3 is 2.67 bits per heavy atom. The molecule has 0 fully saturated rings. The average molecular weight is 361 g/mol. The fourth-order valence-electron chi connectivity index (χ4n) is 4.14. The van der Waals surface area contributed by atoms with Crippen molar-refractivity contribution in [3.8, 4) is 5.75 Å². The van der Waals surface area contributed by atoms with Crippen molar-refractivity contribution in [2.24, 2.45) is 0 Å². The van der Waals surface area contributed by atoms with Crippen molar-refractivity contribution in [2.45, 2.75) is 39.4 Å². The Morgan fingerprint density at radius 1 is 0.963 bits per heavy atom. The number of hydrogen-bond acceptors (Lipinski definition) is 2. The van der Waals surface area contributed by atoms with Gasteiger partial charge < -0.3 is 9.30 Å². The van der Waals surface area contributed by atoms with E-state index < -0.39 is 0 Å². The first-order chi connectivity index (χ1) is 13.2. The van der Waals surface area contributed by atoms with Crippen LogP contribution in [0.2, 0.25) is 0 Å². The first-order valence-electron chi connectivity index (χ1n) is 9.75. The predicted molar refractivity (Wildman–Crippen MR) is 110 cm³/mol. The molecule has 3 aromatic rings. The minimum atomic E-state index is 0.235. The molecule has 1 aliphatic heterocycles. The molecule has 140 valence electrons. The highest BCUT2D eigenvalue weighted by Crippen LogP contribution is 2.34. The van der Waals surface area contributed by atoms with E-state index in [4.69, 9.17) is 4.74 Å². The topological polar surface area (TPSA) is 17.4 Å². The Kier molecular flexibility index (Phi) is 5.04. The van der Waals surface area contributed by atoms with Crippen molar-refractivity contribution in [3.63, 3.8) is 0 Å². The SMILES string of the molecule is COc1cccc([C@H]2c3cccn3CCCN2Cc2ccc(C)c(C)c2)c1. The van der Waals surface area contributed by atoms with Gasteiger partial charge in [0.15, 0.2) is 0 Å². The molecule has 0 N–H and O–H groups in total. The summed E-state index contributed by atoms with van der Waals surface area (Å²) < 4.78 is 7.91. The van der Waals surface area contributed by atoms with Crippen LogP contribution in [0.5, 0.6) is 5.75 Å². The molecule has 0 unspecified atom stereocenters. The Labute approximate surface area is 162 Å². The molecule has 2 aromatic carbocycles. The van der Waals surface area contributed by atoms with Crippen LogP contribution in [-0.4, -0.2) is 23.1 Å². The zero-order valence-electron chi connectivity index (χ0n) is 16.5. The molecule has 0 bridgehead atoms. The number of nitrogens with zero attached hydrogens (tertiary/aromatic N) is 2. The summed E-state index contributed by atoms with van der Waals surface area (Å²) in [6, 6.07) is 20.0. The van der Waals surface area contributed by atoms with Crippen LogP contribution in [0.1, 0.15) is 40.4 Å². The maximum Gasteiger partial charge on any atom is 0.119 e. The molecule has 1 atom stereocenters. The van der Waals surface area contributed by atoms with Crippen molar-refractivity contribution in [2.75, 3.05) is 13.7 Å². The molecule has 27 heavy (non-hydrogen) atoms. The second-order valence-corrected chi connectivity index (χ2v) is 7.55. The van der Waals surface area contributed by atoms with E-state index in [9.17, 15) is 0 Å². The van der Waals surface area contributed by atoms with Crippen LogP contribution in [0.3, 0.4) is 0 Å². The molecule has 0 amide bonds. The summed E-state index contributed by atoms with van der Waals surface area (Å²) in [5.74, 6) is 0.918. The van der Waals surface area contributed by atoms with Crippen LogP contribution in [0.25, 0.3) is 0 Å². The van der Waals surface area contributed by atoms with Gasteiger partial charge in [0.2, 0.25) is 0 Å². The lowest BCUT2D eigenvalue weighted by molar-refractivity contribution is 0.220. The van der Waals surface area contributed by atoms with E-state index in [1.54, 1.807) is 7.11 Å². The van der Waals surface area contributed by atoms with E-state index in [-0.39, 0.29) is 6.04 Å². The Balaban J connectivity index is 1.74. The molecule has 0 radical (unpaired) electrons. The van der Waals surface area contributed by atoms with Crippen molar-refractivity contribution in [1.29, 1.82) is 0 Å². The Morgan fingerprint density at radius 2 is 1.85 bits per heavy atom. The fraction of sp³-hybridized carbons (Fsp3) is 0.333. The van der Waals surface area contributed by atoms with Gasteiger partial charge in [-0.25, -0.2) is 0 Å². The molecule has 0 saturated carbocycles. The number of rotatable bonds is 4. The maximum atomic E-state index is 5.50. The van der Waals surface area contributed by atoms with Crippen molar-refractivity contribution in [3.05, 3.63) is 88.7 Å². The largest absolute Gasteiger partial charge is 0.497 e. The van der Waals surface area contributed by atoms with Gasteiger partial charge in [0.25, 0.3) is 0 Å². The molecule has 2 heterocycles. The third-order valence-corrected chi connectivity index (χ3v) is 5.72. The standard InChI is InChI=1S/C24H28N2O/c1-18-10-11-20(15-19(18)2)17-26-14-6-13-25-12-5-9-23(25)24(26)21-7-4-8-22(16-21)27-3/h4-5,7-12,15-16,24H,6,13-14,17H2,1-3H3/t24-/m0/s1. The van der Waals surface area contributed by atoms with E-state index in [0.29, 0.717) is 0 Å². The van der Waals surface area contributed by atoms with E-state index in [2.05, 4.69) is 78.0 Å². The molecule has 3 heteroatoms. The van der Waals surface area contributed by atoms with Crippen LogP contribution in [0, 0.1) is 13.8 Å². The van der Waals surface area contributed by atoms with Gasteiger partial charge in [-0.1, -0.05) is 30.3 Å². The van der Waals surface area contributed by atoms with E-state index in [1.165, 1.54) is 27.9 Å². The zero-order valence-corrected chi connectivity index (χ0v) is 16.5. The second kappa shape index (κ2) is 7.61. The van der Waals surface area contributed by atoms with Gasteiger partial charge in [0.05, 0.1) is 13.2 Å². The highest BCUT2D eigenvalue weighted by molar-refractivity contribution is 5.36. The smallest absolute Gasteiger partial charge is 0.119 e. The molecule has 0 aliphatic carbocycles. The molecule has 0 saturated heterocycles. The van der Waals surface area contributed by atoms with Gasteiger partial charge in [-0.3, -0.25) is 4.90 Å². The summed E-state index contributed by atoms with van der Waals surface area (Å²) >= 11 is 0. The van der Waals surface area contributed by atoms with Crippen LogP contribution in [0.15, 0.2) is 60.8 Å². The Hall–Kier alpha value is -2.52. The lowest BCUT2D eigenvalue weighted by Gasteiger charge is -2.31. The normalized spacial score (nSPS) is 17.4. The minimum Gasteiger partial charge on any atom is -0.497 e. The quantitative estimate of drug-likeness (QED) is 0.643. The average Bonchev–Trinajstić information content (AvgIpc) is 3.06. The van der Waals surface area contributed by atoms with Crippen molar-refractivity contribution >= 4 is 0 Å². The molecule has 1 aromatic heterocycles. The van der Waals surface area contributed by atoms with Gasteiger partial charge in [0, 0.05) is 31.5 Å². The summed E-state index contributed by atoms with van der Waals surface area (Å²) in [6.45, 7) is 7.49. The molecule has 0 spiro atoms. The van der Waals surface area contributed by atoms with Crippen molar-refractivity contribution in [1.82, 2.24) is 9.47 Å². The lowest BCUT2D eigenvalue weighted by Crippen LogP contribution is -2.29. The van der Waals surface area contributed by atoms with Crippen LogP contribution in [0.4, 0.5) is 0 Å². The number of methoxy groups -OCH3 is 1. The Bertz CT molecular complexity index is 928. The summed E-state index contributed by atoms with van der Waals surface area (Å²) in [6.07, 6.45) is 3.37. The minimum absolute atomic E-state index is 0.235. The summed E-state index contributed by atoms with van der Waals surface area (Å²) in [4.78, 5) is 2.61. The number of fused-ring (bicyclic) bond motifs is 1. The van der Waals surface area contributed by atoms with E-state index in [0.717, 1.165) is 31.8 Å². The molecule has 1 aliphatic rings. The molecule has 3 nitrogen and oxygen atoms in total. The van der Waals surface area contributed by atoms with Crippen LogP contribution < -0.4 is 4.74 Å². The molecular weight excluding hydrogens is 332 g/mol. The third kappa shape index (κ3) is 3.65. The summed E-state index contributed by atoms with van der Waals surface area (Å²) in [7, 11) is 1.74. The number of aromatic nitrogens is 1. The highest BCUT2D eigenvalue weighted by Gasteiger charge is 2.27. The lowest BCUT2D eigenvalue weighted by atomic mass is 10.00. The van der Waals surface area contributed by atoms with E-state index >= 15 is 0 Å². The van der Waals surface area contributed by atoms with Crippen LogP contribution in [-0.2, 0) is 13.1 Å². The van der Waals surface area contributed by atoms with Gasteiger partial charge >= 0.3 is 0 Å². The first-order valence-corrected chi connectivity index (χ1v) is 9.75. The second-order valence-electron chi connectivity index (χ2n) is 7.55. The number of hydrogen-bond donors (Lipinski definition) is 0. The monoisotopic (exact) mass is 360 g/mol. The first kappa shape index (κ1) is 17.9. The number of benzene rings is 2. The van der Waals surface area contributed by atoms with Crippen molar-refractivity contribution < 1.29 is 4.74 Å². The van der Waals surface area contributed by atoms with Gasteiger partial charge in [0.1, 0.15) is 5.75 Å². The maximum absolute atomic E-state index is 5.50. The molecule has 4 rings (SSSR count). The van der Waals surface area contributed by atoms with Crippen LogP contribution >= 0.6 is 0 Å². The summed E-state index contributed by atoms with van der Waals surface area (Å²) in [5, 5.41) is 0. The van der Waals surface area contributed by atoms with E-state index in [1.807, 2.05) is 6.07 Å². The highest BCUT2D eigenvalue weighted by atomic mass is 16.5.